The average Bonchev–Trinajstić information content (AvgIpc) is 2.99. The van der Waals surface area contributed by atoms with E-state index in [-0.39, 0.29) is 5.78 Å². The lowest BCUT2D eigenvalue weighted by molar-refractivity contribution is 0.0992. The molecule has 2 aromatic heterocycles. The molecule has 4 heteroatoms. The van der Waals surface area contributed by atoms with Gasteiger partial charge >= 0.3 is 0 Å². The molecule has 0 amide bonds. The molecule has 0 bridgehead atoms. The number of pyridine rings is 1. The van der Waals surface area contributed by atoms with Crippen LogP contribution >= 0.6 is 0 Å². The Labute approximate surface area is 116 Å². The molecule has 0 aliphatic heterocycles. The molecule has 0 fully saturated rings. The monoisotopic (exact) mass is 263 g/mol. The number of ketones is 1. The zero-order chi connectivity index (χ0) is 13.8. The molecule has 0 aliphatic carbocycles. The first-order chi connectivity index (χ1) is 9.83. The van der Waals surface area contributed by atoms with Gasteiger partial charge < -0.3 is 0 Å². The summed E-state index contributed by atoms with van der Waals surface area (Å²) in [6, 6.07) is 15.3. The van der Waals surface area contributed by atoms with E-state index < -0.39 is 0 Å². The van der Waals surface area contributed by atoms with Crippen molar-refractivity contribution in [1.29, 1.82) is 0 Å². The van der Waals surface area contributed by atoms with Crippen LogP contribution in [0.3, 0.4) is 0 Å². The van der Waals surface area contributed by atoms with E-state index in [0.29, 0.717) is 12.0 Å². The first-order valence-electron chi connectivity index (χ1n) is 6.36. The molecule has 0 atom stereocenters. The fraction of sp³-hybridized carbons (Fsp3) is 0.0625. The first kappa shape index (κ1) is 12.3. The summed E-state index contributed by atoms with van der Waals surface area (Å²) in [6.45, 7) is 0. The van der Waals surface area contributed by atoms with Gasteiger partial charge in [0, 0.05) is 18.1 Å². The molecule has 98 valence electrons. The van der Waals surface area contributed by atoms with E-state index in [4.69, 9.17) is 0 Å². The van der Waals surface area contributed by atoms with Gasteiger partial charge in [0.25, 0.3) is 0 Å². The van der Waals surface area contributed by atoms with Crippen LogP contribution in [-0.2, 0) is 6.42 Å². The molecular weight excluding hydrogens is 250 g/mol. The van der Waals surface area contributed by atoms with Crippen LogP contribution in [0.2, 0.25) is 0 Å². The van der Waals surface area contributed by atoms with Gasteiger partial charge in [-0.3, -0.25) is 9.78 Å². The largest absolute Gasteiger partial charge is 0.294 e. The number of Topliss-reactive ketones (excluding diaryl/α,β-unsaturated/α-hetero) is 1. The van der Waals surface area contributed by atoms with Gasteiger partial charge in [0.15, 0.2) is 5.78 Å². The van der Waals surface area contributed by atoms with Crippen molar-refractivity contribution in [3.8, 4) is 5.69 Å². The SMILES string of the molecule is O=C(Cc1ccccn1)c1cnn(-c2ccccc2)c1. The normalized spacial score (nSPS) is 10.4. The van der Waals surface area contributed by atoms with Crippen molar-refractivity contribution < 1.29 is 4.79 Å². The molecule has 0 radical (unpaired) electrons. The summed E-state index contributed by atoms with van der Waals surface area (Å²) in [7, 11) is 0. The van der Waals surface area contributed by atoms with Gasteiger partial charge in [-0.15, -0.1) is 0 Å². The summed E-state index contributed by atoms with van der Waals surface area (Å²) in [5.41, 5.74) is 2.30. The molecule has 0 aliphatic rings. The highest BCUT2D eigenvalue weighted by molar-refractivity contribution is 5.96. The highest BCUT2D eigenvalue weighted by atomic mass is 16.1. The lowest BCUT2D eigenvalue weighted by Gasteiger charge is -1.99. The second-order valence-electron chi connectivity index (χ2n) is 4.43. The zero-order valence-electron chi connectivity index (χ0n) is 10.8. The maximum absolute atomic E-state index is 12.2. The van der Waals surface area contributed by atoms with Gasteiger partial charge in [0.1, 0.15) is 0 Å². The highest BCUT2D eigenvalue weighted by Gasteiger charge is 2.10. The summed E-state index contributed by atoms with van der Waals surface area (Å²) < 4.78 is 1.70. The number of para-hydroxylation sites is 1. The smallest absolute Gasteiger partial charge is 0.171 e. The van der Waals surface area contributed by atoms with Gasteiger partial charge in [-0.05, 0) is 24.3 Å². The van der Waals surface area contributed by atoms with Crippen LogP contribution in [0.1, 0.15) is 16.1 Å². The van der Waals surface area contributed by atoms with E-state index in [1.54, 1.807) is 23.3 Å². The van der Waals surface area contributed by atoms with E-state index in [9.17, 15) is 4.79 Å². The van der Waals surface area contributed by atoms with Crippen LogP contribution in [-0.4, -0.2) is 20.5 Å². The van der Waals surface area contributed by atoms with Gasteiger partial charge in [-0.25, -0.2) is 4.68 Å². The van der Waals surface area contributed by atoms with Crippen molar-refractivity contribution in [3.05, 3.63) is 78.4 Å². The minimum atomic E-state index is 0.0193. The first-order valence-corrected chi connectivity index (χ1v) is 6.36. The van der Waals surface area contributed by atoms with Crippen LogP contribution in [0.25, 0.3) is 5.69 Å². The lowest BCUT2D eigenvalue weighted by atomic mass is 10.1. The zero-order valence-corrected chi connectivity index (χ0v) is 10.8. The fourth-order valence-corrected chi connectivity index (χ4v) is 1.96. The standard InChI is InChI=1S/C16H13N3O/c20-16(10-14-6-4-5-9-17-14)13-11-18-19(12-13)15-7-2-1-3-8-15/h1-9,11-12H,10H2. The fourth-order valence-electron chi connectivity index (χ4n) is 1.96. The van der Waals surface area contributed by atoms with Crippen molar-refractivity contribution in [1.82, 2.24) is 14.8 Å². The van der Waals surface area contributed by atoms with Crippen molar-refractivity contribution in [2.45, 2.75) is 6.42 Å². The Balaban J connectivity index is 1.79. The summed E-state index contributed by atoms with van der Waals surface area (Å²) in [4.78, 5) is 16.3. The number of aromatic nitrogens is 3. The molecule has 1 aromatic carbocycles. The number of benzene rings is 1. The van der Waals surface area contributed by atoms with E-state index in [2.05, 4.69) is 10.1 Å². The van der Waals surface area contributed by atoms with Crippen molar-refractivity contribution in [2.24, 2.45) is 0 Å². The van der Waals surface area contributed by atoms with E-state index in [1.165, 1.54) is 0 Å². The van der Waals surface area contributed by atoms with Gasteiger partial charge in [0.2, 0.25) is 0 Å². The van der Waals surface area contributed by atoms with E-state index in [0.717, 1.165) is 11.4 Å². The van der Waals surface area contributed by atoms with Crippen LogP contribution in [0.4, 0.5) is 0 Å². The number of carbonyl (C=O) groups excluding carboxylic acids is 1. The number of carbonyl (C=O) groups is 1. The molecule has 0 saturated heterocycles. The third kappa shape index (κ3) is 2.64. The van der Waals surface area contributed by atoms with Crippen LogP contribution in [0, 0.1) is 0 Å². The van der Waals surface area contributed by atoms with Crippen molar-refractivity contribution in [3.63, 3.8) is 0 Å². The Bertz CT molecular complexity index is 705. The van der Waals surface area contributed by atoms with Crippen LogP contribution in [0.5, 0.6) is 0 Å². The van der Waals surface area contributed by atoms with Gasteiger partial charge in [0.05, 0.1) is 23.9 Å². The Kier molecular flexibility index (Phi) is 3.37. The summed E-state index contributed by atoms with van der Waals surface area (Å²) in [5.74, 6) is 0.0193. The third-order valence-corrected chi connectivity index (χ3v) is 2.99. The predicted molar refractivity (Wildman–Crippen MR) is 75.8 cm³/mol. The van der Waals surface area contributed by atoms with Crippen LogP contribution < -0.4 is 0 Å². The molecule has 0 N–H and O–H groups in total. The summed E-state index contributed by atoms with van der Waals surface area (Å²) >= 11 is 0. The van der Waals surface area contributed by atoms with E-state index in [1.807, 2.05) is 48.5 Å². The Morgan fingerprint density at radius 3 is 2.60 bits per heavy atom. The summed E-state index contributed by atoms with van der Waals surface area (Å²) in [5, 5.41) is 4.22. The molecule has 3 aromatic rings. The molecule has 2 heterocycles. The van der Waals surface area contributed by atoms with Gasteiger partial charge in [-0.1, -0.05) is 24.3 Å². The number of hydrogen-bond acceptors (Lipinski definition) is 3. The average molecular weight is 263 g/mol. The quantitative estimate of drug-likeness (QED) is 0.680. The lowest BCUT2D eigenvalue weighted by Crippen LogP contribution is -2.03. The molecule has 3 rings (SSSR count). The molecular formula is C16H13N3O. The molecule has 0 unspecified atom stereocenters. The van der Waals surface area contributed by atoms with Crippen LogP contribution in [0.15, 0.2) is 67.1 Å². The summed E-state index contributed by atoms with van der Waals surface area (Å²) in [6.07, 6.45) is 5.33. The Hall–Kier alpha value is -2.75. The van der Waals surface area contributed by atoms with Crippen molar-refractivity contribution >= 4 is 5.78 Å². The molecule has 0 saturated carbocycles. The van der Waals surface area contributed by atoms with Gasteiger partial charge in [-0.2, -0.15) is 5.10 Å². The molecule has 0 spiro atoms. The number of hydrogen-bond donors (Lipinski definition) is 0. The molecule has 20 heavy (non-hydrogen) atoms. The highest BCUT2D eigenvalue weighted by Crippen LogP contribution is 2.10. The third-order valence-electron chi connectivity index (χ3n) is 2.99. The van der Waals surface area contributed by atoms with Crippen molar-refractivity contribution in [2.75, 3.05) is 0 Å². The second kappa shape index (κ2) is 5.48. The molecule has 4 nitrogen and oxygen atoms in total. The Morgan fingerprint density at radius 2 is 1.85 bits per heavy atom. The van der Waals surface area contributed by atoms with E-state index >= 15 is 0 Å². The Morgan fingerprint density at radius 1 is 1.05 bits per heavy atom. The number of rotatable bonds is 4. The minimum absolute atomic E-state index is 0.0193. The maximum Gasteiger partial charge on any atom is 0.171 e. The number of nitrogens with zero attached hydrogens (tertiary/aromatic N) is 3. The minimum Gasteiger partial charge on any atom is -0.294 e. The predicted octanol–water partition coefficient (Wildman–Crippen LogP) is 2.69. The second-order valence-corrected chi connectivity index (χ2v) is 4.43. The maximum atomic E-state index is 12.2. The topological polar surface area (TPSA) is 47.8 Å².